The number of nitro groups is 1. The Kier molecular flexibility index (Phi) is 3.85. The SMILES string of the molecule is C=C[C@@H](C[N+](=O)[O-])c1ccc(OC)cc1. The van der Waals surface area contributed by atoms with Crippen LogP contribution in [0.15, 0.2) is 36.9 Å². The topological polar surface area (TPSA) is 52.4 Å². The molecular weight excluding hydrogens is 194 g/mol. The summed E-state index contributed by atoms with van der Waals surface area (Å²) >= 11 is 0. The van der Waals surface area contributed by atoms with Crippen molar-refractivity contribution in [3.8, 4) is 5.75 Å². The third kappa shape index (κ3) is 3.09. The van der Waals surface area contributed by atoms with Crippen LogP contribution >= 0.6 is 0 Å². The van der Waals surface area contributed by atoms with Gasteiger partial charge in [0.2, 0.25) is 6.54 Å². The van der Waals surface area contributed by atoms with E-state index < -0.39 is 0 Å². The van der Waals surface area contributed by atoms with Gasteiger partial charge in [0, 0.05) is 4.92 Å². The zero-order chi connectivity index (χ0) is 11.3. The fourth-order valence-electron chi connectivity index (χ4n) is 1.33. The van der Waals surface area contributed by atoms with Crippen LogP contribution in [0.2, 0.25) is 0 Å². The molecule has 0 amide bonds. The van der Waals surface area contributed by atoms with Crippen molar-refractivity contribution in [2.24, 2.45) is 0 Å². The molecule has 0 fully saturated rings. The van der Waals surface area contributed by atoms with Gasteiger partial charge < -0.3 is 4.74 Å². The maximum atomic E-state index is 10.4. The van der Waals surface area contributed by atoms with Gasteiger partial charge in [0.05, 0.1) is 13.0 Å². The summed E-state index contributed by atoms with van der Waals surface area (Å²) in [5, 5.41) is 10.4. The summed E-state index contributed by atoms with van der Waals surface area (Å²) in [5.41, 5.74) is 0.877. The lowest BCUT2D eigenvalue weighted by molar-refractivity contribution is -0.481. The second kappa shape index (κ2) is 5.14. The molecule has 1 rings (SSSR count). The molecular formula is C11H13NO3. The van der Waals surface area contributed by atoms with Gasteiger partial charge in [-0.05, 0) is 17.7 Å². The van der Waals surface area contributed by atoms with E-state index in [0.717, 1.165) is 11.3 Å². The summed E-state index contributed by atoms with van der Waals surface area (Å²) < 4.78 is 5.00. The van der Waals surface area contributed by atoms with E-state index in [1.807, 2.05) is 12.1 Å². The average molecular weight is 207 g/mol. The highest BCUT2D eigenvalue weighted by Crippen LogP contribution is 2.20. The lowest BCUT2D eigenvalue weighted by Gasteiger charge is -2.08. The van der Waals surface area contributed by atoms with Gasteiger partial charge in [0.25, 0.3) is 0 Å². The number of benzene rings is 1. The fourth-order valence-corrected chi connectivity index (χ4v) is 1.33. The fraction of sp³-hybridized carbons (Fsp3) is 0.273. The summed E-state index contributed by atoms with van der Waals surface area (Å²) in [6, 6.07) is 7.20. The number of methoxy groups -OCH3 is 1. The third-order valence-electron chi connectivity index (χ3n) is 2.17. The van der Waals surface area contributed by atoms with Crippen LogP contribution in [0.4, 0.5) is 0 Å². The van der Waals surface area contributed by atoms with Gasteiger partial charge in [-0.15, -0.1) is 6.58 Å². The zero-order valence-corrected chi connectivity index (χ0v) is 8.55. The maximum absolute atomic E-state index is 10.4. The Labute approximate surface area is 88.3 Å². The van der Waals surface area contributed by atoms with Crippen LogP contribution in [0.3, 0.4) is 0 Å². The first kappa shape index (κ1) is 11.2. The summed E-state index contributed by atoms with van der Waals surface area (Å²) in [7, 11) is 1.58. The van der Waals surface area contributed by atoms with Gasteiger partial charge in [0.1, 0.15) is 5.75 Å². The molecule has 80 valence electrons. The molecule has 15 heavy (non-hydrogen) atoms. The van der Waals surface area contributed by atoms with Crippen molar-refractivity contribution < 1.29 is 9.66 Å². The van der Waals surface area contributed by atoms with Gasteiger partial charge >= 0.3 is 0 Å². The molecule has 0 aliphatic carbocycles. The molecule has 0 radical (unpaired) electrons. The van der Waals surface area contributed by atoms with E-state index in [2.05, 4.69) is 6.58 Å². The molecule has 0 bridgehead atoms. The van der Waals surface area contributed by atoms with Crippen molar-refractivity contribution in [3.63, 3.8) is 0 Å². The second-order valence-electron chi connectivity index (χ2n) is 3.13. The molecule has 4 nitrogen and oxygen atoms in total. The van der Waals surface area contributed by atoms with Crippen molar-refractivity contribution in [1.29, 1.82) is 0 Å². The van der Waals surface area contributed by atoms with Crippen molar-refractivity contribution in [2.75, 3.05) is 13.7 Å². The maximum Gasteiger partial charge on any atom is 0.214 e. The number of nitrogens with zero attached hydrogens (tertiary/aromatic N) is 1. The smallest absolute Gasteiger partial charge is 0.214 e. The largest absolute Gasteiger partial charge is 0.497 e. The summed E-state index contributed by atoms with van der Waals surface area (Å²) in [6.07, 6.45) is 1.59. The Bertz CT molecular complexity index is 345. The van der Waals surface area contributed by atoms with Crippen LogP contribution in [0.5, 0.6) is 5.75 Å². The van der Waals surface area contributed by atoms with E-state index in [4.69, 9.17) is 4.74 Å². The highest BCUT2D eigenvalue weighted by Gasteiger charge is 2.13. The first-order chi connectivity index (χ1) is 7.17. The minimum Gasteiger partial charge on any atom is -0.497 e. The number of ether oxygens (including phenoxy) is 1. The van der Waals surface area contributed by atoms with Crippen LogP contribution < -0.4 is 4.74 Å². The third-order valence-corrected chi connectivity index (χ3v) is 2.17. The summed E-state index contributed by atoms with van der Waals surface area (Å²) in [5.74, 6) is 0.494. The lowest BCUT2D eigenvalue weighted by Crippen LogP contribution is -2.10. The van der Waals surface area contributed by atoms with Crippen LogP contribution in [0, 0.1) is 10.1 Å². The average Bonchev–Trinajstić information content (AvgIpc) is 2.26. The first-order valence-corrected chi connectivity index (χ1v) is 4.55. The van der Waals surface area contributed by atoms with E-state index >= 15 is 0 Å². The number of rotatable bonds is 5. The van der Waals surface area contributed by atoms with E-state index in [1.54, 1.807) is 25.3 Å². The Morgan fingerprint density at radius 2 is 2.13 bits per heavy atom. The van der Waals surface area contributed by atoms with Crippen molar-refractivity contribution in [1.82, 2.24) is 0 Å². The Morgan fingerprint density at radius 3 is 2.53 bits per heavy atom. The molecule has 0 N–H and O–H groups in total. The molecule has 1 atom stereocenters. The second-order valence-corrected chi connectivity index (χ2v) is 3.13. The molecule has 0 saturated heterocycles. The van der Waals surface area contributed by atoms with Gasteiger partial charge in [-0.1, -0.05) is 18.2 Å². The molecule has 0 spiro atoms. The van der Waals surface area contributed by atoms with Crippen LogP contribution in [0.1, 0.15) is 11.5 Å². The van der Waals surface area contributed by atoms with Crippen LogP contribution in [-0.2, 0) is 0 Å². The molecule has 1 aromatic carbocycles. The van der Waals surface area contributed by atoms with Gasteiger partial charge in [0.15, 0.2) is 0 Å². The molecule has 4 heteroatoms. The van der Waals surface area contributed by atoms with Crippen molar-refractivity contribution >= 4 is 0 Å². The monoisotopic (exact) mass is 207 g/mol. The van der Waals surface area contributed by atoms with E-state index in [-0.39, 0.29) is 17.4 Å². The highest BCUT2D eigenvalue weighted by atomic mass is 16.6. The Morgan fingerprint density at radius 1 is 1.53 bits per heavy atom. The minimum atomic E-state index is -0.337. The standard InChI is InChI=1S/C11H13NO3/c1-3-9(8-12(13)14)10-4-6-11(15-2)7-5-10/h3-7,9H,1,8H2,2H3/t9-/m0/s1. The lowest BCUT2D eigenvalue weighted by atomic mass is 9.99. The molecule has 1 aromatic rings. The number of hydrogen-bond donors (Lipinski definition) is 0. The Hall–Kier alpha value is -1.84. The number of hydrogen-bond acceptors (Lipinski definition) is 3. The molecule has 0 unspecified atom stereocenters. The molecule has 0 heterocycles. The first-order valence-electron chi connectivity index (χ1n) is 4.55. The van der Waals surface area contributed by atoms with E-state index in [9.17, 15) is 10.1 Å². The molecule has 0 aliphatic heterocycles. The van der Waals surface area contributed by atoms with Crippen LogP contribution in [0.25, 0.3) is 0 Å². The van der Waals surface area contributed by atoms with Gasteiger partial charge in [-0.3, -0.25) is 10.1 Å². The Balaban J connectivity index is 2.82. The van der Waals surface area contributed by atoms with Crippen LogP contribution in [-0.4, -0.2) is 18.6 Å². The predicted molar refractivity (Wildman–Crippen MR) is 57.8 cm³/mol. The van der Waals surface area contributed by atoms with Gasteiger partial charge in [-0.25, -0.2) is 0 Å². The van der Waals surface area contributed by atoms with Gasteiger partial charge in [-0.2, -0.15) is 0 Å². The summed E-state index contributed by atoms with van der Waals surface area (Å²) in [6.45, 7) is 3.47. The van der Waals surface area contributed by atoms with Crippen molar-refractivity contribution in [2.45, 2.75) is 5.92 Å². The highest BCUT2D eigenvalue weighted by molar-refractivity contribution is 5.31. The van der Waals surface area contributed by atoms with Crippen molar-refractivity contribution in [3.05, 3.63) is 52.6 Å². The van der Waals surface area contributed by atoms with E-state index in [1.165, 1.54) is 0 Å². The predicted octanol–water partition coefficient (Wildman–Crippen LogP) is 2.24. The summed E-state index contributed by atoms with van der Waals surface area (Å²) in [4.78, 5) is 10.1. The van der Waals surface area contributed by atoms with E-state index in [0.29, 0.717) is 0 Å². The zero-order valence-electron chi connectivity index (χ0n) is 8.55. The molecule has 0 aromatic heterocycles. The molecule has 0 saturated carbocycles. The minimum absolute atomic E-state index is 0.129. The quantitative estimate of drug-likeness (QED) is 0.422. The normalized spacial score (nSPS) is 11.8. The molecule has 0 aliphatic rings.